The molecule has 0 radical (unpaired) electrons. The van der Waals surface area contributed by atoms with Crippen LogP contribution in [0.5, 0.6) is 0 Å². The Bertz CT molecular complexity index is 743. The number of aliphatic hydroxyl groups is 1. The molecule has 2 atom stereocenters. The monoisotopic (exact) mass is 290 g/mol. The number of aromatic nitrogens is 2. The van der Waals surface area contributed by atoms with Crippen LogP contribution in [0.1, 0.15) is 37.4 Å². The summed E-state index contributed by atoms with van der Waals surface area (Å²) in [6.45, 7) is 0.811. The average Bonchev–Trinajstić information content (AvgIpc) is 2.99. The maximum Gasteiger partial charge on any atom is 0.314 e. The van der Waals surface area contributed by atoms with Gasteiger partial charge >= 0.3 is 11.1 Å². The van der Waals surface area contributed by atoms with Crippen LogP contribution in [0.4, 0.5) is 0 Å². The van der Waals surface area contributed by atoms with Crippen LogP contribution in [-0.4, -0.2) is 27.8 Å². The quantitative estimate of drug-likeness (QED) is 0.738. The number of hydrogen-bond donors (Lipinski definition) is 3. The Kier molecular flexibility index (Phi) is 3.90. The Labute approximate surface area is 120 Å². The Morgan fingerprint density at radius 3 is 2.71 bits per heavy atom. The zero-order chi connectivity index (χ0) is 14.8. The molecule has 0 aliphatic carbocycles. The molecule has 1 aromatic carbocycles. The summed E-state index contributed by atoms with van der Waals surface area (Å²) in [6.07, 6.45) is 3.22. The van der Waals surface area contributed by atoms with E-state index in [0.717, 1.165) is 31.4 Å². The van der Waals surface area contributed by atoms with E-state index in [1.54, 1.807) is 18.2 Å². The summed E-state index contributed by atoms with van der Waals surface area (Å²) >= 11 is 0. The van der Waals surface area contributed by atoms with E-state index in [1.807, 2.05) is 0 Å². The predicted octanol–water partition coefficient (Wildman–Crippen LogP) is 1.21. The number of fused-ring (bicyclic) bond motifs is 1. The molecule has 0 saturated carbocycles. The van der Waals surface area contributed by atoms with Crippen LogP contribution in [0, 0.1) is 0 Å². The van der Waals surface area contributed by atoms with Crippen molar-refractivity contribution in [2.75, 3.05) is 6.61 Å². The fraction of sp³-hybridized carbons (Fsp3) is 0.467. The molecule has 2 unspecified atom stereocenters. The van der Waals surface area contributed by atoms with Crippen molar-refractivity contribution < 1.29 is 9.84 Å². The number of hydrogen-bond acceptors (Lipinski definition) is 4. The van der Waals surface area contributed by atoms with E-state index in [-0.39, 0.29) is 6.10 Å². The summed E-state index contributed by atoms with van der Waals surface area (Å²) < 4.78 is 5.54. The molecule has 112 valence electrons. The first kappa shape index (κ1) is 14.0. The van der Waals surface area contributed by atoms with E-state index < -0.39 is 17.2 Å². The summed E-state index contributed by atoms with van der Waals surface area (Å²) in [5, 5.41) is 10.2. The van der Waals surface area contributed by atoms with Crippen molar-refractivity contribution in [3.63, 3.8) is 0 Å². The van der Waals surface area contributed by atoms with Gasteiger partial charge in [-0.15, -0.1) is 0 Å². The summed E-state index contributed by atoms with van der Waals surface area (Å²) in [7, 11) is 0. The first-order chi connectivity index (χ1) is 10.1. The van der Waals surface area contributed by atoms with Crippen LogP contribution < -0.4 is 11.1 Å². The molecule has 1 aliphatic rings. The third-order valence-electron chi connectivity index (χ3n) is 3.92. The topological polar surface area (TPSA) is 95.2 Å². The molecule has 1 saturated heterocycles. The fourth-order valence-electron chi connectivity index (χ4n) is 2.72. The zero-order valence-electron chi connectivity index (χ0n) is 11.6. The maximum atomic E-state index is 11.3. The van der Waals surface area contributed by atoms with E-state index in [4.69, 9.17) is 4.74 Å². The van der Waals surface area contributed by atoms with Gasteiger partial charge in [0, 0.05) is 6.61 Å². The Morgan fingerprint density at radius 2 is 2.00 bits per heavy atom. The largest absolute Gasteiger partial charge is 0.388 e. The highest BCUT2D eigenvalue weighted by molar-refractivity contribution is 5.74. The smallest absolute Gasteiger partial charge is 0.314 e. The van der Waals surface area contributed by atoms with Gasteiger partial charge in [-0.2, -0.15) is 0 Å². The first-order valence-electron chi connectivity index (χ1n) is 7.19. The number of rotatable bonds is 4. The normalized spacial score (nSPS) is 20.0. The number of ether oxygens (including phenoxy) is 1. The second-order valence-electron chi connectivity index (χ2n) is 5.44. The van der Waals surface area contributed by atoms with Gasteiger partial charge in [0.2, 0.25) is 0 Å². The predicted molar refractivity (Wildman–Crippen MR) is 78.4 cm³/mol. The zero-order valence-corrected chi connectivity index (χ0v) is 11.6. The lowest BCUT2D eigenvalue weighted by molar-refractivity contribution is 0.0812. The summed E-state index contributed by atoms with van der Waals surface area (Å²) in [6, 6.07) is 5.15. The minimum absolute atomic E-state index is 0.247. The number of aromatic amines is 2. The van der Waals surface area contributed by atoms with Crippen LogP contribution in [-0.2, 0) is 4.74 Å². The molecule has 0 amide bonds. The molecule has 0 spiro atoms. The molecule has 0 bridgehead atoms. The molecule has 2 aromatic rings. The number of nitrogens with one attached hydrogen (secondary N) is 2. The van der Waals surface area contributed by atoms with Crippen LogP contribution in [0.2, 0.25) is 0 Å². The lowest BCUT2D eigenvalue weighted by Crippen LogP contribution is -2.28. The molecule has 3 N–H and O–H groups in total. The van der Waals surface area contributed by atoms with Gasteiger partial charge in [-0.25, -0.2) is 0 Å². The van der Waals surface area contributed by atoms with Crippen molar-refractivity contribution in [1.29, 1.82) is 0 Å². The molecule has 2 heterocycles. The van der Waals surface area contributed by atoms with E-state index in [0.29, 0.717) is 17.5 Å². The molecule has 1 aromatic heterocycles. The van der Waals surface area contributed by atoms with Crippen molar-refractivity contribution in [3.8, 4) is 0 Å². The Hall–Kier alpha value is -1.92. The molecule has 1 fully saturated rings. The highest BCUT2D eigenvalue weighted by Crippen LogP contribution is 2.25. The molecule has 21 heavy (non-hydrogen) atoms. The van der Waals surface area contributed by atoms with Gasteiger partial charge in [0.15, 0.2) is 0 Å². The molecule has 6 heteroatoms. The highest BCUT2D eigenvalue weighted by atomic mass is 16.5. The van der Waals surface area contributed by atoms with Gasteiger partial charge in [-0.1, -0.05) is 6.07 Å². The number of H-pyrrole nitrogens is 2. The van der Waals surface area contributed by atoms with Gasteiger partial charge in [0.25, 0.3) is 0 Å². The van der Waals surface area contributed by atoms with Gasteiger partial charge < -0.3 is 19.8 Å². The van der Waals surface area contributed by atoms with Gasteiger partial charge in [0.1, 0.15) is 0 Å². The van der Waals surface area contributed by atoms with Crippen molar-refractivity contribution in [3.05, 3.63) is 44.5 Å². The van der Waals surface area contributed by atoms with Crippen molar-refractivity contribution in [2.24, 2.45) is 0 Å². The standard InChI is InChI=1S/C15H18N2O4/c18-13(6-4-10-2-1-7-21-10)9-3-5-11-12(8-9)17-15(20)14(19)16-11/h3,5,8,10,13,18H,1-2,4,6-7H2,(H,16,19)(H,17,20). The average molecular weight is 290 g/mol. The second-order valence-corrected chi connectivity index (χ2v) is 5.44. The third-order valence-corrected chi connectivity index (χ3v) is 3.92. The Morgan fingerprint density at radius 1 is 1.24 bits per heavy atom. The Balaban J connectivity index is 1.77. The van der Waals surface area contributed by atoms with Crippen LogP contribution >= 0.6 is 0 Å². The molecule has 3 rings (SSSR count). The van der Waals surface area contributed by atoms with Gasteiger partial charge in [-0.05, 0) is 43.4 Å². The van der Waals surface area contributed by atoms with E-state index in [2.05, 4.69) is 9.97 Å². The molecular weight excluding hydrogens is 272 g/mol. The minimum atomic E-state index is -0.687. The second kappa shape index (κ2) is 5.83. The molecule has 6 nitrogen and oxygen atoms in total. The molecule has 1 aliphatic heterocycles. The van der Waals surface area contributed by atoms with Crippen molar-refractivity contribution in [1.82, 2.24) is 9.97 Å². The minimum Gasteiger partial charge on any atom is -0.388 e. The number of benzene rings is 1. The summed E-state index contributed by atoms with van der Waals surface area (Å²) in [5.74, 6) is 0. The first-order valence-corrected chi connectivity index (χ1v) is 7.19. The summed E-state index contributed by atoms with van der Waals surface area (Å²) in [4.78, 5) is 27.6. The lowest BCUT2D eigenvalue weighted by Gasteiger charge is -2.14. The van der Waals surface area contributed by atoms with Gasteiger partial charge in [0.05, 0.1) is 23.2 Å². The van der Waals surface area contributed by atoms with Crippen LogP contribution in [0.25, 0.3) is 11.0 Å². The van der Waals surface area contributed by atoms with Crippen molar-refractivity contribution in [2.45, 2.75) is 37.9 Å². The van der Waals surface area contributed by atoms with E-state index in [9.17, 15) is 14.7 Å². The molecular formula is C15H18N2O4. The van der Waals surface area contributed by atoms with Crippen LogP contribution in [0.15, 0.2) is 27.8 Å². The fourth-order valence-corrected chi connectivity index (χ4v) is 2.72. The number of aliphatic hydroxyl groups excluding tert-OH is 1. The lowest BCUT2D eigenvalue weighted by atomic mass is 10.0. The van der Waals surface area contributed by atoms with E-state index >= 15 is 0 Å². The third kappa shape index (κ3) is 3.06. The van der Waals surface area contributed by atoms with Crippen LogP contribution in [0.3, 0.4) is 0 Å². The SMILES string of the molecule is O=c1[nH]c2ccc(C(O)CCC3CCCO3)cc2[nH]c1=O. The highest BCUT2D eigenvalue weighted by Gasteiger charge is 2.18. The summed E-state index contributed by atoms with van der Waals surface area (Å²) in [5.41, 5.74) is 0.439. The van der Waals surface area contributed by atoms with Crippen molar-refractivity contribution >= 4 is 11.0 Å². The van der Waals surface area contributed by atoms with E-state index in [1.165, 1.54) is 0 Å². The maximum absolute atomic E-state index is 11.3. The van der Waals surface area contributed by atoms with Gasteiger partial charge in [-0.3, -0.25) is 9.59 Å².